The van der Waals surface area contributed by atoms with E-state index in [1.54, 1.807) is 0 Å². The van der Waals surface area contributed by atoms with Crippen molar-refractivity contribution < 1.29 is 26.4 Å². The highest BCUT2D eigenvalue weighted by Crippen LogP contribution is 2.15. The van der Waals surface area contributed by atoms with Gasteiger partial charge in [-0.05, 0) is 30.3 Å². The van der Waals surface area contributed by atoms with Gasteiger partial charge in [0.05, 0.1) is 6.26 Å². The Morgan fingerprint density at radius 3 is 2.64 bits per heavy atom. The molecule has 22 heavy (non-hydrogen) atoms. The number of amides is 1. The first-order chi connectivity index (χ1) is 10.4. The second kappa shape index (κ2) is 6.67. The molecule has 1 amide bonds. The Kier molecular flexibility index (Phi) is 4.88. The summed E-state index contributed by atoms with van der Waals surface area (Å²) in [6.07, 6.45) is 1.32. The minimum atomic E-state index is -4.20. The molecule has 0 aliphatic heterocycles. The summed E-state index contributed by atoms with van der Waals surface area (Å²) < 4.78 is 57.0. The molecular weight excluding hydrogens is 318 g/mol. The van der Waals surface area contributed by atoms with Crippen LogP contribution in [0.2, 0.25) is 0 Å². The van der Waals surface area contributed by atoms with Gasteiger partial charge in [0, 0.05) is 13.1 Å². The van der Waals surface area contributed by atoms with Crippen LogP contribution in [0.25, 0.3) is 0 Å². The Bertz CT molecular complexity index is 760. The SMILES string of the molecule is O=C(NCCNS(=O)(=O)c1cc(F)ccc1F)c1ccco1. The standard InChI is InChI=1S/C13H12F2N2O4S/c14-9-3-4-10(15)12(8-9)22(19,20)17-6-5-16-13(18)11-2-1-7-21-11/h1-4,7-8,17H,5-6H2,(H,16,18). The largest absolute Gasteiger partial charge is 0.459 e. The minimum absolute atomic E-state index is 0.0459. The highest BCUT2D eigenvalue weighted by molar-refractivity contribution is 7.89. The van der Waals surface area contributed by atoms with E-state index < -0.39 is 32.5 Å². The Morgan fingerprint density at radius 1 is 1.18 bits per heavy atom. The van der Waals surface area contributed by atoms with E-state index in [0.29, 0.717) is 6.07 Å². The fourth-order valence-corrected chi connectivity index (χ4v) is 2.74. The van der Waals surface area contributed by atoms with Crippen LogP contribution in [-0.2, 0) is 10.0 Å². The average Bonchev–Trinajstić information content (AvgIpc) is 3.00. The van der Waals surface area contributed by atoms with E-state index in [4.69, 9.17) is 4.42 Å². The Balaban J connectivity index is 1.90. The third kappa shape index (κ3) is 3.89. The predicted molar refractivity (Wildman–Crippen MR) is 72.6 cm³/mol. The van der Waals surface area contributed by atoms with Gasteiger partial charge < -0.3 is 9.73 Å². The lowest BCUT2D eigenvalue weighted by atomic mass is 10.3. The molecule has 0 aliphatic rings. The smallest absolute Gasteiger partial charge is 0.287 e. The summed E-state index contributed by atoms with van der Waals surface area (Å²) in [6, 6.07) is 5.10. The van der Waals surface area contributed by atoms with Crippen molar-refractivity contribution >= 4 is 15.9 Å². The highest BCUT2D eigenvalue weighted by Gasteiger charge is 2.19. The van der Waals surface area contributed by atoms with Gasteiger partial charge in [-0.3, -0.25) is 4.79 Å². The van der Waals surface area contributed by atoms with Gasteiger partial charge in [0.25, 0.3) is 5.91 Å². The van der Waals surface area contributed by atoms with Crippen molar-refractivity contribution in [2.75, 3.05) is 13.1 Å². The molecule has 2 rings (SSSR count). The molecule has 0 radical (unpaired) electrons. The molecule has 1 aromatic heterocycles. The lowest BCUT2D eigenvalue weighted by Gasteiger charge is -2.08. The van der Waals surface area contributed by atoms with Gasteiger partial charge in [-0.15, -0.1) is 0 Å². The zero-order chi connectivity index (χ0) is 16.2. The first-order valence-corrected chi connectivity index (χ1v) is 7.65. The van der Waals surface area contributed by atoms with Crippen LogP contribution in [0.1, 0.15) is 10.6 Å². The number of nitrogens with one attached hydrogen (secondary N) is 2. The number of rotatable bonds is 6. The van der Waals surface area contributed by atoms with Gasteiger partial charge >= 0.3 is 0 Å². The molecule has 9 heteroatoms. The number of benzene rings is 1. The quantitative estimate of drug-likeness (QED) is 0.781. The maximum atomic E-state index is 13.4. The van der Waals surface area contributed by atoms with Gasteiger partial charge in [0.1, 0.15) is 16.5 Å². The Morgan fingerprint density at radius 2 is 1.95 bits per heavy atom. The number of furan rings is 1. The second-order valence-electron chi connectivity index (χ2n) is 4.21. The molecule has 0 bridgehead atoms. The van der Waals surface area contributed by atoms with E-state index in [0.717, 1.165) is 12.1 Å². The predicted octanol–water partition coefficient (Wildman–Crippen LogP) is 1.27. The summed E-state index contributed by atoms with van der Waals surface area (Å²) in [5, 5.41) is 2.41. The van der Waals surface area contributed by atoms with Crippen molar-refractivity contribution in [2.24, 2.45) is 0 Å². The number of sulfonamides is 1. The third-order valence-electron chi connectivity index (χ3n) is 2.63. The first kappa shape index (κ1) is 16.1. The van der Waals surface area contributed by atoms with Crippen molar-refractivity contribution in [3.63, 3.8) is 0 Å². The van der Waals surface area contributed by atoms with Crippen molar-refractivity contribution in [1.29, 1.82) is 0 Å². The van der Waals surface area contributed by atoms with Crippen LogP contribution in [0, 0.1) is 11.6 Å². The van der Waals surface area contributed by atoms with Crippen LogP contribution in [0.15, 0.2) is 45.9 Å². The van der Waals surface area contributed by atoms with Crippen LogP contribution < -0.4 is 10.0 Å². The topological polar surface area (TPSA) is 88.4 Å². The molecule has 2 aromatic rings. The summed E-state index contributed by atoms with van der Waals surface area (Å²) >= 11 is 0. The first-order valence-electron chi connectivity index (χ1n) is 6.16. The monoisotopic (exact) mass is 330 g/mol. The van der Waals surface area contributed by atoms with E-state index in [2.05, 4.69) is 10.0 Å². The van der Waals surface area contributed by atoms with E-state index in [1.807, 2.05) is 0 Å². The zero-order valence-electron chi connectivity index (χ0n) is 11.2. The van der Waals surface area contributed by atoms with E-state index in [1.165, 1.54) is 18.4 Å². The van der Waals surface area contributed by atoms with Crippen molar-refractivity contribution in [2.45, 2.75) is 4.90 Å². The Hall–Kier alpha value is -2.26. The molecule has 0 saturated heterocycles. The normalized spacial score (nSPS) is 11.4. The summed E-state index contributed by atoms with van der Waals surface area (Å²) in [6.45, 7) is -0.236. The highest BCUT2D eigenvalue weighted by atomic mass is 32.2. The summed E-state index contributed by atoms with van der Waals surface area (Å²) in [5.74, 6) is -2.36. The zero-order valence-corrected chi connectivity index (χ0v) is 12.0. The van der Waals surface area contributed by atoms with Crippen molar-refractivity contribution in [3.05, 3.63) is 54.0 Å². The van der Waals surface area contributed by atoms with Gasteiger partial charge in [0.2, 0.25) is 10.0 Å². The van der Waals surface area contributed by atoms with Crippen LogP contribution >= 0.6 is 0 Å². The maximum Gasteiger partial charge on any atom is 0.287 e. The number of hydrogen-bond acceptors (Lipinski definition) is 4. The molecule has 1 heterocycles. The van der Waals surface area contributed by atoms with Crippen LogP contribution in [0.3, 0.4) is 0 Å². The van der Waals surface area contributed by atoms with Gasteiger partial charge in [-0.2, -0.15) is 0 Å². The van der Waals surface area contributed by atoms with Crippen LogP contribution in [-0.4, -0.2) is 27.4 Å². The van der Waals surface area contributed by atoms with Gasteiger partial charge in [-0.1, -0.05) is 0 Å². The molecule has 0 saturated carbocycles. The number of hydrogen-bond donors (Lipinski definition) is 2. The Labute approximate surface area is 125 Å². The molecule has 0 atom stereocenters. The fraction of sp³-hybridized carbons (Fsp3) is 0.154. The molecule has 1 aromatic carbocycles. The molecule has 6 nitrogen and oxygen atoms in total. The lowest BCUT2D eigenvalue weighted by Crippen LogP contribution is -2.34. The van der Waals surface area contributed by atoms with Crippen LogP contribution in [0.5, 0.6) is 0 Å². The van der Waals surface area contributed by atoms with E-state index in [-0.39, 0.29) is 18.8 Å². The van der Waals surface area contributed by atoms with Crippen molar-refractivity contribution in [3.8, 4) is 0 Å². The molecule has 2 N–H and O–H groups in total. The molecule has 0 aliphatic carbocycles. The average molecular weight is 330 g/mol. The van der Waals surface area contributed by atoms with Gasteiger partial charge in [-0.25, -0.2) is 21.9 Å². The summed E-state index contributed by atoms with van der Waals surface area (Å²) in [7, 11) is -4.20. The molecule has 118 valence electrons. The fourth-order valence-electron chi connectivity index (χ4n) is 1.62. The minimum Gasteiger partial charge on any atom is -0.459 e. The van der Waals surface area contributed by atoms with E-state index in [9.17, 15) is 22.0 Å². The summed E-state index contributed by atoms with van der Waals surface area (Å²) in [5.41, 5.74) is 0. The van der Waals surface area contributed by atoms with Crippen molar-refractivity contribution in [1.82, 2.24) is 10.0 Å². The second-order valence-corrected chi connectivity index (χ2v) is 5.94. The number of carbonyl (C=O) groups excluding carboxylic acids is 1. The number of carbonyl (C=O) groups is 1. The van der Waals surface area contributed by atoms with E-state index >= 15 is 0 Å². The summed E-state index contributed by atoms with van der Waals surface area (Å²) in [4.78, 5) is 10.7. The molecule has 0 spiro atoms. The lowest BCUT2D eigenvalue weighted by molar-refractivity contribution is 0.0926. The number of halogens is 2. The van der Waals surface area contributed by atoms with Crippen LogP contribution in [0.4, 0.5) is 8.78 Å². The molecule has 0 fully saturated rings. The molecular formula is C13H12F2N2O4S. The maximum absolute atomic E-state index is 13.4. The van der Waals surface area contributed by atoms with Gasteiger partial charge in [0.15, 0.2) is 5.76 Å². The molecule has 0 unspecified atom stereocenters. The third-order valence-corrected chi connectivity index (χ3v) is 4.11.